The molecule has 0 amide bonds. The lowest BCUT2D eigenvalue weighted by molar-refractivity contribution is 0.390. The van der Waals surface area contributed by atoms with E-state index >= 15 is 0 Å². The summed E-state index contributed by atoms with van der Waals surface area (Å²) in [6.45, 7) is 13.1. The molecule has 0 aromatic carbocycles. The molecule has 32 heavy (non-hydrogen) atoms. The first-order valence-electron chi connectivity index (χ1n) is 11.4. The van der Waals surface area contributed by atoms with Crippen LogP contribution in [0, 0.1) is 0 Å². The highest BCUT2D eigenvalue weighted by Crippen LogP contribution is 2.42. The van der Waals surface area contributed by atoms with Crippen LogP contribution in [0.4, 0.5) is 0 Å². The molecule has 0 atom stereocenters. The maximum Gasteiger partial charge on any atom is 0.227 e. The number of aromatic nitrogens is 3. The van der Waals surface area contributed by atoms with Gasteiger partial charge in [0.25, 0.3) is 0 Å². The number of hydrogen-bond acceptors (Lipinski definition) is 4. The zero-order valence-corrected chi connectivity index (χ0v) is 21.6. The van der Waals surface area contributed by atoms with Crippen LogP contribution in [0.1, 0.15) is 88.7 Å². The molecular weight excluding hydrogens is 438 g/mol. The van der Waals surface area contributed by atoms with Crippen LogP contribution in [0.5, 0.6) is 0 Å². The van der Waals surface area contributed by atoms with Crippen molar-refractivity contribution in [2.45, 2.75) is 79.1 Å². The fourth-order valence-electron chi connectivity index (χ4n) is 4.29. The molecule has 3 aromatic heterocycles. The van der Waals surface area contributed by atoms with Gasteiger partial charge in [0.2, 0.25) is 11.8 Å². The Hall–Kier alpha value is -2.11. The molecule has 0 unspecified atom stereocenters. The topological polar surface area (TPSA) is 54.7 Å². The van der Waals surface area contributed by atoms with Gasteiger partial charge in [-0.25, -0.2) is 0 Å². The van der Waals surface area contributed by atoms with Gasteiger partial charge in [-0.1, -0.05) is 49.6 Å². The smallest absolute Gasteiger partial charge is 0.227 e. The van der Waals surface area contributed by atoms with E-state index in [1.165, 1.54) is 43.1 Å². The molecular formula is C26H34ClN3OS. The lowest BCUT2D eigenvalue weighted by atomic mass is 9.90. The molecule has 1 aliphatic rings. The molecule has 172 valence electrons. The zero-order chi connectivity index (χ0) is 22.2. The predicted octanol–water partition coefficient (Wildman–Crippen LogP) is 7.94. The summed E-state index contributed by atoms with van der Waals surface area (Å²) < 4.78 is 6.00. The number of nitrogens with one attached hydrogen (secondary N) is 1. The predicted molar refractivity (Wildman–Crippen MR) is 138 cm³/mol. The number of thiophene rings is 1. The lowest BCUT2D eigenvalue weighted by Crippen LogP contribution is -2.17. The van der Waals surface area contributed by atoms with E-state index in [-0.39, 0.29) is 17.8 Å². The Morgan fingerprint density at radius 1 is 1.06 bits per heavy atom. The Morgan fingerprint density at radius 3 is 2.53 bits per heavy atom. The second-order valence-electron chi connectivity index (χ2n) is 9.17. The SMILES string of the molecule is CCCc1nnc(C(C)(C)c2cc3c(CCC)c(C4=CC(C)=CC(C)=CC4)[nH]c3s2)o1.Cl. The van der Waals surface area contributed by atoms with Crippen LogP contribution >= 0.6 is 23.7 Å². The summed E-state index contributed by atoms with van der Waals surface area (Å²) >= 11 is 1.81. The highest BCUT2D eigenvalue weighted by atomic mass is 35.5. The fraction of sp³-hybridized carbons (Fsp3) is 0.462. The average molecular weight is 472 g/mol. The van der Waals surface area contributed by atoms with E-state index in [1.54, 1.807) is 0 Å². The summed E-state index contributed by atoms with van der Waals surface area (Å²) in [4.78, 5) is 6.27. The van der Waals surface area contributed by atoms with E-state index in [2.05, 4.69) is 81.0 Å². The maximum atomic E-state index is 6.00. The Kier molecular flexibility index (Phi) is 7.51. The standard InChI is InChI=1S/C26H33N3OS.ClH/c1-7-9-19-20-15-21(26(5,6)25-29-28-22(30-25)10-8-2)31-24(20)27-23(19)18-12-11-16(3)13-17(4)14-18;/h11,13-15,27H,7-10,12H2,1-6H3;1H. The van der Waals surface area contributed by atoms with Crippen LogP contribution in [-0.2, 0) is 18.3 Å². The molecule has 1 N–H and O–H groups in total. The average Bonchev–Trinajstić information content (AvgIpc) is 3.39. The number of H-pyrrole nitrogens is 1. The van der Waals surface area contributed by atoms with E-state index in [0.717, 1.165) is 38.0 Å². The molecule has 0 saturated heterocycles. The minimum Gasteiger partial charge on any atom is -0.424 e. The first-order chi connectivity index (χ1) is 14.8. The van der Waals surface area contributed by atoms with E-state index in [1.807, 2.05) is 11.3 Å². The van der Waals surface area contributed by atoms with E-state index < -0.39 is 0 Å². The minimum atomic E-state index is -0.312. The van der Waals surface area contributed by atoms with E-state index in [9.17, 15) is 0 Å². The molecule has 0 aliphatic heterocycles. The zero-order valence-electron chi connectivity index (χ0n) is 20.0. The Labute approximate surface area is 201 Å². The van der Waals surface area contributed by atoms with Crippen LogP contribution in [-0.4, -0.2) is 15.2 Å². The van der Waals surface area contributed by atoms with Gasteiger partial charge < -0.3 is 9.40 Å². The Bertz CT molecular complexity index is 1190. The van der Waals surface area contributed by atoms with Crippen molar-refractivity contribution in [3.63, 3.8) is 0 Å². The summed E-state index contributed by atoms with van der Waals surface area (Å²) in [6.07, 6.45) is 11.9. The van der Waals surface area contributed by atoms with Gasteiger partial charge in [0, 0.05) is 22.4 Å². The number of nitrogens with zero attached hydrogens (tertiary/aromatic N) is 2. The third kappa shape index (κ3) is 4.65. The summed E-state index contributed by atoms with van der Waals surface area (Å²) in [5.74, 6) is 1.43. The maximum absolute atomic E-state index is 6.00. The first-order valence-corrected chi connectivity index (χ1v) is 12.2. The van der Waals surface area contributed by atoms with Crippen LogP contribution in [0.25, 0.3) is 15.8 Å². The molecule has 0 fully saturated rings. The van der Waals surface area contributed by atoms with Gasteiger partial charge in [0.05, 0.1) is 5.41 Å². The lowest BCUT2D eigenvalue weighted by Gasteiger charge is -2.18. The molecule has 0 radical (unpaired) electrons. The summed E-state index contributed by atoms with van der Waals surface area (Å²) in [5, 5.41) is 9.96. The molecule has 6 heteroatoms. The largest absolute Gasteiger partial charge is 0.424 e. The third-order valence-corrected chi connectivity index (χ3v) is 7.38. The van der Waals surface area contributed by atoms with Gasteiger partial charge >= 0.3 is 0 Å². The molecule has 0 spiro atoms. The number of allylic oxidation sites excluding steroid dienone is 6. The van der Waals surface area contributed by atoms with Crippen LogP contribution in [0.2, 0.25) is 0 Å². The fourth-order valence-corrected chi connectivity index (χ4v) is 5.47. The van der Waals surface area contributed by atoms with Crippen molar-refractivity contribution < 1.29 is 4.42 Å². The van der Waals surface area contributed by atoms with Crippen molar-refractivity contribution in [1.29, 1.82) is 0 Å². The second kappa shape index (κ2) is 9.80. The normalized spacial score (nSPS) is 14.6. The molecule has 3 heterocycles. The first kappa shape index (κ1) is 24.5. The highest BCUT2D eigenvalue weighted by molar-refractivity contribution is 7.18. The Morgan fingerprint density at radius 2 is 1.81 bits per heavy atom. The van der Waals surface area contributed by atoms with Gasteiger partial charge in [0.15, 0.2) is 0 Å². The summed E-state index contributed by atoms with van der Waals surface area (Å²) in [5.41, 5.74) is 6.44. The van der Waals surface area contributed by atoms with Crippen molar-refractivity contribution in [3.8, 4) is 0 Å². The van der Waals surface area contributed by atoms with Crippen molar-refractivity contribution in [3.05, 3.63) is 63.4 Å². The van der Waals surface area contributed by atoms with Crippen molar-refractivity contribution in [1.82, 2.24) is 15.2 Å². The molecule has 0 saturated carbocycles. The minimum absolute atomic E-state index is 0. The van der Waals surface area contributed by atoms with Crippen molar-refractivity contribution >= 4 is 39.5 Å². The van der Waals surface area contributed by atoms with Gasteiger partial charge in [0.1, 0.15) is 4.83 Å². The number of hydrogen-bond donors (Lipinski definition) is 1. The number of rotatable bonds is 7. The van der Waals surface area contributed by atoms with Crippen molar-refractivity contribution in [2.75, 3.05) is 0 Å². The van der Waals surface area contributed by atoms with Crippen LogP contribution in [0.3, 0.4) is 0 Å². The number of aryl methyl sites for hydroxylation is 2. The number of halogens is 1. The Balaban J connectivity index is 0.00000289. The van der Waals surface area contributed by atoms with Gasteiger partial charge in [-0.05, 0) is 64.2 Å². The highest BCUT2D eigenvalue weighted by Gasteiger charge is 2.32. The van der Waals surface area contributed by atoms with Crippen molar-refractivity contribution in [2.24, 2.45) is 0 Å². The number of fused-ring (bicyclic) bond motifs is 1. The molecule has 0 bridgehead atoms. The molecule has 4 nitrogen and oxygen atoms in total. The second-order valence-corrected chi connectivity index (χ2v) is 10.2. The quantitative estimate of drug-likeness (QED) is 0.380. The van der Waals surface area contributed by atoms with Gasteiger partial charge in [-0.3, -0.25) is 0 Å². The molecule has 3 aromatic rings. The van der Waals surface area contributed by atoms with E-state index in [4.69, 9.17) is 4.42 Å². The number of aromatic amines is 1. The van der Waals surface area contributed by atoms with Gasteiger partial charge in [-0.2, -0.15) is 0 Å². The molecule has 1 aliphatic carbocycles. The van der Waals surface area contributed by atoms with Crippen LogP contribution in [0.15, 0.2) is 39.9 Å². The monoisotopic (exact) mass is 471 g/mol. The summed E-state index contributed by atoms with van der Waals surface area (Å²) in [7, 11) is 0. The van der Waals surface area contributed by atoms with Crippen LogP contribution < -0.4 is 0 Å². The van der Waals surface area contributed by atoms with Gasteiger partial charge in [-0.15, -0.1) is 33.9 Å². The molecule has 4 rings (SSSR count). The third-order valence-electron chi connectivity index (χ3n) is 6.00. The summed E-state index contributed by atoms with van der Waals surface area (Å²) in [6, 6.07) is 2.34. The van der Waals surface area contributed by atoms with E-state index in [0.29, 0.717) is 5.89 Å².